The van der Waals surface area contributed by atoms with Gasteiger partial charge in [-0.05, 0) is 25.1 Å². The lowest BCUT2D eigenvalue weighted by atomic mass is 10.2. The quantitative estimate of drug-likeness (QED) is 0.733. The van der Waals surface area contributed by atoms with E-state index < -0.39 is 37.8 Å². The molecule has 0 bridgehead atoms. The van der Waals surface area contributed by atoms with Gasteiger partial charge >= 0.3 is 0 Å². The van der Waals surface area contributed by atoms with Crippen LogP contribution < -0.4 is 4.72 Å². The Morgan fingerprint density at radius 1 is 1.16 bits per heavy atom. The number of piperazine rings is 1. The van der Waals surface area contributed by atoms with Crippen molar-refractivity contribution in [3.63, 3.8) is 0 Å². The minimum Gasteiger partial charge on any atom is -0.339 e. The molecule has 1 aliphatic rings. The fraction of sp³-hybridized carbons (Fsp3) is 0.500. The SMILES string of the molecule is CC(NS(C)(=O)=O)C(=O)N1CCN(S(=O)(=O)c2cccc(F)c2)CC1. The molecule has 0 aliphatic carbocycles. The number of hydrogen-bond donors (Lipinski definition) is 1. The van der Waals surface area contributed by atoms with Crippen molar-refractivity contribution in [2.45, 2.75) is 17.9 Å². The standard InChI is InChI=1S/C14H20FN3O5S2/c1-11(16-24(2,20)21)14(19)17-6-8-18(9-7-17)25(22,23)13-5-3-4-12(15)10-13/h3-5,10-11,16H,6-9H2,1-2H3. The molecule has 1 unspecified atom stereocenters. The van der Waals surface area contributed by atoms with Gasteiger partial charge in [-0.1, -0.05) is 6.07 Å². The zero-order valence-corrected chi connectivity index (χ0v) is 15.5. The first kappa shape index (κ1) is 19.8. The molecule has 11 heteroatoms. The lowest BCUT2D eigenvalue weighted by Crippen LogP contribution is -2.54. The summed E-state index contributed by atoms with van der Waals surface area (Å²) in [4.78, 5) is 13.5. The van der Waals surface area contributed by atoms with Crippen LogP contribution in [0.15, 0.2) is 29.2 Å². The molecule has 0 spiro atoms. The molecule has 1 atom stereocenters. The molecule has 2 rings (SSSR count). The molecular weight excluding hydrogens is 373 g/mol. The first-order valence-corrected chi connectivity index (χ1v) is 10.9. The van der Waals surface area contributed by atoms with Crippen LogP contribution in [0.25, 0.3) is 0 Å². The van der Waals surface area contributed by atoms with Crippen molar-refractivity contribution in [2.75, 3.05) is 32.4 Å². The molecule has 1 aliphatic heterocycles. The highest BCUT2D eigenvalue weighted by Gasteiger charge is 2.32. The maximum atomic E-state index is 13.3. The zero-order valence-electron chi connectivity index (χ0n) is 13.8. The van der Waals surface area contributed by atoms with Crippen molar-refractivity contribution < 1.29 is 26.0 Å². The average Bonchev–Trinajstić information content (AvgIpc) is 2.52. The van der Waals surface area contributed by atoms with E-state index in [1.807, 2.05) is 0 Å². The second kappa shape index (κ2) is 7.36. The number of hydrogen-bond acceptors (Lipinski definition) is 5. The van der Waals surface area contributed by atoms with Crippen LogP contribution in [0.4, 0.5) is 4.39 Å². The van der Waals surface area contributed by atoms with E-state index in [1.54, 1.807) is 0 Å². The average molecular weight is 393 g/mol. The van der Waals surface area contributed by atoms with Crippen molar-refractivity contribution >= 4 is 26.0 Å². The maximum Gasteiger partial charge on any atom is 0.243 e. The Labute approximate surface area is 146 Å². The second-order valence-corrected chi connectivity index (χ2v) is 9.52. The normalized spacial score (nSPS) is 18.1. The Balaban J connectivity index is 2.03. The van der Waals surface area contributed by atoms with Crippen molar-refractivity contribution in [1.82, 2.24) is 13.9 Å². The summed E-state index contributed by atoms with van der Waals surface area (Å²) in [5.74, 6) is -1.07. The number of nitrogens with zero attached hydrogens (tertiary/aromatic N) is 2. The van der Waals surface area contributed by atoms with Crippen molar-refractivity contribution in [2.24, 2.45) is 0 Å². The Bertz CT molecular complexity index is 849. The van der Waals surface area contributed by atoms with E-state index in [1.165, 1.54) is 28.3 Å². The first-order chi connectivity index (χ1) is 11.5. The van der Waals surface area contributed by atoms with E-state index in [4.69, 9.17) is 0 Å². The zero-order chi connectivity index (χ0) is 18.8. The van der Waals surface area contributed by atoms with Crippen LogP contribution in [0, 0.1) is 5.82 Å². The van der Waals surface area contributed by atoms with Gasteiger partial charge in [-0.25, -0.2) is 25.9 Å². The van der Waals surface area contributed by atoms with Gasteiger partial charge in [0.25, 0.3) is 0 Å². The highest BCUT2D eigenvalue weighted by molar-refractivity contribution is 7.89. The van der Waals surface area contributed by atoms with Gasteiger partial charge in [0.15, 0.2) is 0 Å². The molecule has 1 aromatic carbocycles. The van der Waals surface area contributed by atoms with Crippen LogP contribution in [-0.2, 0) is 24.8 Å². The minimum absolute atomic E-state index is 0.0518. The van der Waals surface area contributed by atoms with Gasteiger partial charge < -0.3 is 4.90 Å². The molecule has 1 fully saturated rings. The van der Waals surface area contributed by atoms with Crippen LogP contribution in [-0.4, -0.2) is 70.4 Å². The molecular formula is C14H20FN3O5S2. The number of carbonyl (C=O) groups excluding carboxylic acids is 1. The van der Waals surface area contributed by atoms with Crippen LogP contribution in [0.2, 0.25) is 0 Å². The third kappa shape index (κ3) is 4.97. The summed E-state index contributed by atoms with van der Waals surface area (Å²) in [5.41, 5.74) is 0. The van der Waals surface area contributed by atoms with E-state index in [2.05, 4.69) is 4.72 Å². The van der Waals surface area contributed by atoms with E-state index in [0.717, 1.165) is 18.4 Å². The Kier molecular flexibility index (Phi) is 5.82. The molecule has 0 aromatic heterocycles. The van der Waals surface area contributed by atoms with Gasteiger partial charge in [0, 0.05) is 26.2 Å². The number of nitrogens with one attached hydrogen (secondary N) is 1. The van der Waals surface area contributed by atoms with Crippen LogP contribution in [0.3, 0.4) is 0 Å². The van der Waals surface area contributed by atoms with E-state index in [-0.39, 0.29) is 31.1 Å². The lowest BCUT2D eigenvalue weighted by molar-refractivity contribution is -0.133. The molecule has 1 N–H and O–H groups in total. The predicted octanol–water partition coefficient (Wildman–Crippen LogP) is -0.404. The monoisotopic (exact) mass is 393 g/mol. The smallest absolute Gasteiger partial charge is 0.243 e. The number of amides is 1. The van der Waals surface area contributed by atoms with Gasteiger partial charge in [0.05, 0.1) is 17.2 Å². The lowest BCUT2D eigenvalue weighted by Gasteiger charge is -2.35. The molecule has 140 valence electrons. The second-order valence-electron chi connectivity index (χ2n) is 5.80. The van der Waals surface area contributed by atoms with Gasteiger partial charge in [0.1, 0.15) is 5.82 Å². The molecule has 1 heterocycles. The highest BCUT2D eigenvalue weighted by atomic mass is 32.2. The van der Waals surface area contributed by atoms with Gasteiger partial charge in [0.2, 0.25) is 26.0 Å². The number of carbonyl (C=O) groups is 1. The van der Waals surface area contributed by atoms with Gasteiger partial charge in [-0.15, -0.1) is 0 Å². The summed E-state index contributed by atoms with van der Waals surface area (Å²) in [7, 11) is -7.36. The summed E-state index contributed by atoms with van der Waals surface area (Å²) >= 11 is 0. The molecule has 0 saturated carbocycles. The number of rotatable bonds is 5. The first-order valence-electron chi connectivity index (χ1n) is 7.52. The summed E-state index contributed by atoms with van der Waals surface area (Å²) in [6.45, 7) is 1.79. The molecule has 25 heavy (non-hydrogen) atoms. The summed E-state index contributed by atoms with van der Waals surface area (Å²) < 4.78 is 64.0. The van der Waals surface area contributed by atoms with E-state index in [9.17, 15) is 26.0 Å². The van der Waals surface area contributed by atoms with Crippen LogP contribution >= 0.6 is 0 Å². The fourth-order valence-corrected chi connectivity index (χ4v) is 4.77. The highest BCUT2D eigenvalue weighted by Crippen LogP contribution is 2.18. The summed E-state index contributed by atoms with van der Waals surface area (Å²) in [5, 5.41) is 0. The Hall–Kier alpha value is -1.56. The van der Waals surface area contributed by atoms with E-state index >= 15 is 0 Å². The summed E-state index contributed by atoms with van der Waals surface area (Å²) in [6, 6.07) is 3.81. The molecule has 0 radical (unpaired) electrons. The maximum absolute atomic E-state index is 13.3. The largest absolute Gasteiger partial charge is 0.339 e. The summed E-state index contributed by atoms with van der Waals surface area (Å²) in [6.07, 6.45) is 0.959. The van der Waals surface area contributed by atoms with Crippen molar-refractivity contribution in [3.05, 3.63) is 30.1 Å². The molecule has 1 amide bonds. The number of sulfonamides is 2. The number of benzene rings is 1. The number of halogens is 1. The third-order valence-electron chi connectivity index (χ3n) is 3.75. The van der Waals surface area contributed by atoms with Crippen molar-refractivity contribution in [1.29, 1.82) is 0 Å². The molecule has 1 saturated heterocycles. The predicted molar refractivity (Wildman–Crippen MR) is 89.2 cm³/mol. The Morgan fingerprint density at radius 3 is 2.28 bits per heavy atom. The van der Waals surface area contributed by atoms with E-state index in [0.29, 0.717) is 0 Å². The minimum atomic E-state index is -3.84. The van der Waals surface area contributed by atoms with Crippen molar-refractivity contribution in [3.8, 4) is 0 Å². The topological polar surface area (TPSA) is 104 Å². The van der Waals surface area contributed by atoms with Gasteiger partial charge in [-0.2, -0.15) is 4.31 Å². The third-order valence-corrected chi connectivity index (χ3v) is 6.42. The van der Waals surface area contributed by atoms with Crippen LogP contribution in [0.1, 0.15) is 6.92 Å². The Morgan fingerprint density at radius 2 is 1.76 bits per heavy atom. The fourth-order valence-electron chi connectivity index (χ4n) is 2.57. The van der Waals surface area contributed by atoms with Crippen LogP contribution in [0.5, 0.6) is 0 Å². The molecule has 8 nitrogen and oxygen atoms in total. The van der Waals surface area contributed by atoms with Gasteiger partial charge in [-0.3, -0.25) is 4.79 Å². The molecule has 1 aromatic rings.